The third-order valence-electron chi connectivity index (χ3n) is 1.43. The molecule has 0 fully saturated rings. The molecule has 0 spiro atoms. The van der Waals surface area contributed by atoms with E-state index in [4.69, 9.17) is 11.5 Å². The van der Waals surface area contributed by atoms with Crippen molar-refractivity contribution >= 4 is 0 Å². The van der Waals surface area contributed by atoms with Gasteiger partial charge in [-0.05, 0) is 5.56 Å². The van der Waals surface area contributed by atoms with Crippen LogP contribution in [0.15, 0.2) is 24.3 Å². The number of nitrogens with one attached hydrogen (secondary N) is 1. The normalized spacial score (nSPS) is 9.80. The lowest BCUT2D eigenvalue weighted by Gasteiger charge is -2.03. The highest BCUT2D eigenvalue weighted by molar-refractivity contribution is 5.23. The van der Waals surface area contributed by atoms with Crippen LogP contribution in [0.3, 0.4) is 0 Å². The predicted molar refractivity (Wildman–Crippen MR) is 42.4 cm³/mol. The van der Waals surface area contributed by atoms with Crippen LogP contribution in [0.4, 0.5) is 0 Å². The van der Waals surface area contributed by atoms with Crippen molar-refractivity contribution in [2.24, 2.45) is 5.73 Å². The summed E-state index contributed by atoms with van der Waals surface area (Å²) in [7, 11) is 0. The fourth-order valence-corrected chi connectivity index (χ4v) is 0.867. The molecular weight excluding hydrogens is 124 g/mol. The van der Waals surface area contributed by atoms with Crippen molar-refractivity contribution < 1.29 is 0 Å². The van der Waals surface area contributed by atoms with Crippen LogP contribution in [0.2, 0.25) is 0 Å². The van der Waals surface area contributed by atoms with Gasteiger partial charge in [0.2, 0.25) is 0 Å². The Morgan fingerprint density at radius 1 is 1.30 bits per heavy atom. The molecule has 0 radical (unpaired) electrons. The Bertz CT molecular complexity index is 189. The maximum atomic E-state index is 7.07. The SMILES string of the molecule is [NH-]Cc1cccc(CN)c1. The maximum Gasteiger partial charge on any atom is 0.0178 e. The quantitative estimate of drug-likeness (QED) is 0.659. The Balaban J connectivity index is 2.87. The Hall–Kier alpha value is -0.860. The molecule has 0 saturated carbocycles. The first-order valence-electron chi connectivity index (χ1n) is 3.29. The molecular formula is C8H11N2-. The lowest BCUT2D eigenvalue weighted by Crippen LogP contribution is -1.96. The minimum absolute atomic E-state index is 0.341. The van der Waals surface area contributed by atoms with Crippen LogP contribution in [-0.2, 0) is 13.1 Å². The highest BCUT2D eigenvalue weighted by Crippen LogP contribution is 2.04. The van der Waals surface area contributed by atoms with E-state index < -0.39 is 0 Å². The standard InChI is InChI=1S/C8H11N2/c9-5-7-2-1-3-8(4-7)6-10/h1-4,9H,5-6,10H2/q-1. The summed E-state index contributed by atoms with van der Waals surface area (Å²) in [5.41, 5.74) is 14.6. The number of hydrogen-bond donors (Lipinski definition) is 1. The Labute approximate surface area is 60.8 Å². The van der Waals surface area contributed by atoms with Crippen molar-refractivity contribution in [3.05, 3.63) is 41.1 Å². The largest absolute Gasteiger partial charge is 0.674 e. The molecule has 10 heavy (non-hydrogen) atoms. The van der Waals surface area contributed by atoms with Crippen LogP contribution in [0.5, 0.6) is 0 Å². The molecule has 1 aromatic rings. The summed E-state index contributed by atoms with van der Waals surface area (Å²) in [6.45, 7) is 0.904. The summed E-state index contributed by atoms with van der Waals surface area (Å²) < 4.78 is 0. The topological polar surface area (TPSA) is 49.8 Å². The molecule has 0 atom stereocenters. The molecule has 0 amide bonds. The number of hydrogen-bond acceptors (Lipinski definition) is 1. The van der Waals surface area contributed by atoms with Gasteiger partial charge in [0, 0.05) is 6.54 Å². The summed E-state index contributed by atoms with van der Waals surface area (Å²) in [4.78, 5) is 0. The minimum atomic E-state index is 0.341. The molecule has 0 heterocycles. The van der Waals surface area contributed by atoms with E-state index in [0.29, 0.717) is 13.1 Å². The van der Waals surface area contributed by atoms with Gasteiger partial charge in [-0.2, -0.15) is 0 Å². The van der Waals surface area contributed by atoms with E-state index in [2.05, 4.69) is 0 Å². The van der Waals surface area contributed by atoms with Gasteiger partial charge in [-0.25, -0.2) is 0 Å². The summed E-state index contributed by atoms with van der Waals surface area (Å²) in [5, 5.41) is 0. The molecule has 1 aromatic carbocycles. The van der Waals surface area contributed by atoms with Crippen molar-refractivity contribution in [1.29, 1.82) is 0 Å². The van der Waals surface area contributed by atoms with Gasteiger partial charge in [0.05, 0.1) is 0 Å². The van der Waals surface area contributed by atoms with Crippen LogP contribution in [0.25, 0.3) is 5.73 Å². The monoisotopic (exact) mass is 135 g/mol. The Kier molecular flexibility index (Phi) is 2.42. The summed E-state index contributed by atoms with van der Waals surface area (Å²) in [6.07, 6.45) is 0. The van der Waals surface area contributed by atoms with E-state index in [9.17, 15) is 0 Å². The van der Waals surface area contributed by atoms with Crippen LogP contribution >= 0.6 is 0 Å². The maximum absolute atomic E-state index is 7.07. The lowest BCUT2D eigenvalue weighted by molar-refractivity contribution is 1.06. The van der Waals surface area contributed by atoms with E-state index in [1.807, 2.05) is 24.3 Å². The smallest absolute Gasteiger partial charge is 0.0178 e. The molecule has 2 heteroatoms. The fourth-order valence-electron chi connectivity index (χ4n) is 0.867. The predicted octanol–water partition coefficient (Wildman–Crippen LogP) is 1.70. The van der Waals surface area contributed by atoms with Crippen molar-refractivity contribution in [1.82, 2.24) is 0 Å². The minimum Gasteiger partial charge on any atom is -0.674 e. The van der Waals surface area contributed by atoms with Gasteiger partial charge in [-0.3, -0.25) is 0 Å². The third kappa shape index (κ3) is 1.56. The van der Waals surface area contributed by atoms with Gasteiger partial charge in [0.1, 0.15) is 0 Å². The molecule has 0 aliphatic rings. The van der Waals surface area contributed by atoms with Gasteiger partial charge in [0.25, 0.3) is 0 Å². The number of rotatable bonds is 2. The van der Waals surface area contributed by atoms with E-state index in [1.165, 1.54) is 0 Å². The van der Waals surface area contributed by atoms with Gasteiger partial charge >= 0.3 is 0 Å². The first-order chi connectivity index (χ1) is 4.86. The Morgan fingerprint density at radius 3 is 2.60 bits per heavy atom. The van der Waals surface area contributed by atoms with Crippen LogP contribution in [0.1, 0.15) is 11.1 Å². The van der Waals surface area contributed by atoms with Crippen molar-refractivity contribution in [2.75, 3.05) is 0 Å². The second-order valence-corrected chi connectivity index (χ2v) is 2.20. The van der Waals surface area contributed by atoms with E-state index in [1.54, 1.807) is 0 Å². The highest BCUT2D eigenvalue weighted by atomic mass is 14.5. The fraction of sp³-hybridized carbons (Fsp3) is 0.250. The second kappa shape index (κ2) is 3.34. The second-order valence-electron chi connectivity index (χ2n) is 2.20. The molecule has 54 valence electrons. The van der Waals surface area contributed by atoms with Gasteiger partial charge in [-0.1, -0.05) is 29.8 Å². The number of benzene rings is 1. The number of nitrogens with two attached hydrogens (primary N) is 1. The zero-order chi connectivity index (χ0) is 7.40. The van der Waals surface area contributed by atoms with Gasteiger partial charge in [-0.15, -0.1) is 6.54 Å². The zero-order valence-corrected chi connectivity index (χ0v) is 5.80. The average molecular weight is 135 g/mol. The summed E-state index contributed by atoms with van der Waals surface area (Å²) in [6, 6.07) is 7.81. The van der Waals surface area contributed by atoms with Gasteiger partial charge in [0.15, 0.2) is 0 Å². The average Bonchev–Trinajstić information content (AvgIpc) is 2.05. The van der Waals surface area contributed by atoms with Crippen LogP contribution in [-0.4, -0.2) is 0 Å². The highest BCUT2D eigenvalue weighted by Gasteiger charge is 1.87. The molecule has 0 aliphatic heterocycles. The van der Waals surface area contributed by atoms with E-state index in [-0.39, 0.29) is 0 Å². The van der Waals surface area contributed by atoms with Gasteiger partial charge < -0.3 is 11.5 Å². The summed E-state index contributed by atoms with van der Waals surface area (Å²) >= 11 is 0. The third-order valence-corrected chi connectivity index (χ3v) is 1.43. The van der Waals surface area contributed by atoms with Crippen LogP contribution in [0, 0.1) is 0 Å². The first-order valence-corrected chi connectivity index (χ1v) is 3.29. The molecule has 0 aliphatic carbocycles. The molecule has 2 nitrogen and oxygen atoms in total. The molecule has 0 aromatic heterocycles. The van der Waals surface area contributed by atoms with Crippen molar-refractivity contribution in [3.63, 3.8) is 0 Å². The zero-order valence-electron chi connectivity index (χ0n) is 5.80. The van der Waals surface area contributed by atoms with E-state index >= 15 is 0 Å². The van der Waals surface area contributed by atoms with E-state index in [0.717, 1.165) is 11.1 Å². The molecule has 3 N–H and O–H groups in total. The van der Waals surface area contributed by atoms with Crippen molar-refractivity contribution in [3.8, 4) is 0 Å². The molecule has 0 unspecified atom stereocenters. The van der Waals surface area contributed by atoms with Crippen molar-refractivity contribution in [2.45, 2.75) is 13.1 Å². The molecule has 0 saturated heterocycles. The van der Waals surface area contributed by atoms with Crippen LogP contribution < -0.4 is 5.73 Å². The molecule has 0 bridgehead atoms. The molecule has 1 rings (SSSR count). The first kappa shape index (κ1) is 7.25. The lowest BCUT2D eigenvalue weighted by atomic mass is 10.1. The summed E-state index contributed by atoms with van der Waals surface area (Å²) in [5.74, 6) is 0. The Morgan fingerprint density at radius 2 is 2.00 bits per heavy atom.